The van der Waals surface area contributed by atoms with Crippen LogP contribution in [0.1, 0.15) is 16.7 Å². The first-order valence-corrected chi connectivity index (χ1v) is 7.09. The molecule has 0 aliphatic rings. The SMILES string of the molecule is Cc1ccc(OCc2ccc(Cl)c(Cl)c2)c(CC(=O)O)c1. The Labute approximate surface area is 133 Å². The fraction of sp³-hybridized carbons (Fsp3) is 0.188. The van der Waals surface area contributed by atoms with Crippen LogP contribution in [-0.4, -0.2) is 11.1 Å². The topological polar surface area (TPSA) is 46.5 Å². The predicted molar refractivity (Wildman–Crippen MR) is 83.3 cm³/mol. The van der Waals surface area contributed by atoms with Crippen LogP contribution in [0, 0.1) is 6.92 Å². The van der Waals surface area contributed by atoms with Crippen molar-refractivity contribution in [1.82, 2.24) is 0 Å². The fourth-order valence-corrected chi connectivity index (χ4v) is 2.26. The normalized spacial score (nSPS) is 10.4. The summed E-state index contributed by atoms with van der Waals surface area (Å²) >= 11 is 11.8. The van der Waals surface area contributed by atoms with Crippen molar-refractivity contribution in [1.29, 1.82) is 0 Å². The van der Waals surface area contributed by atoms with Crippen LogP contribution in [0.2, 0.25) is 10.0 Å². The zero-order valence-electron chi connectivity index (χ0n) is 11.4. The summed E-state index contributed by atoms with van der Waals surface area (Å²) in [6.45, 7) is 2.21. The van der Waals surface area contributed by atoms with Gasteiger partial charge < -0.3 is 9.84 Å². The third kappa shape index (κ3) is 4.38. The van der Waals surface area contributed by atoms with Crippen LogP contribution in [-0.2, 0) is 17.8 Å². The Kier molecular flexibility index (Phi) is 5.10. The minimum atomic E-state index is -0.889. The molecule has 2 rings (SSSR count). The molecule has 0 heterocycles. The molecule has 2 aromatic carbocycles. The molecule has 0 radical (unpaired) electrons. The highest BCUT2D eigenvalue weighted by Gasteiger charge is 2.09. The highest BCUT2D eigenvalue weighted by Crippen LogP contribution is 2.25. The van der Waals surface area contributed by atoms with Crippen molar-refractivity contribution in [3.05, 3.63) is 63.1 Å². The summed E-state index contributed by atoms with van der Waals surface area (Å²) in [5, 5.41) is 9.90. The van der Waals surface area contributed by atoms with E-state index in [4.69, 9.17) is 33.0 Å². The molecular weight excluding hydrogens is 311 g/mol. The third-order valence-electron chi connectivity index (χ3n) is 2.94. The maximum Gasteiger partial charge on any atom is 0.307 e. The second-order valence-electron chi connectivity index (χ2n) is 4.72. The van der Waals surface area contributed by atoms with Crippen LogP contribution in [0.15, 0.2) is 36.4 Å². The van der Waals surface area contributed by atoms with Crippen molar-refractivity contribution in [3.8, 4) is 5.75 Å². The maximum absolute atomic E-state index is 10.9. The van der Waals surface area contributed by atoms with Gasteiger partial charge in [0.15, 0.2) is 0 Å². The molecule has 0 spiro atoms. The van der Waals surface area contributed by atoms with Gasteiger partial charge in [0.05, 0.1) is 16.5 Å². The van der Waals surface area contributed by atoms with Crippen LogP contribution >= 0.6 is 23.2 Å². The van der Waals surface area contributed by atoms with E-state index in [0.29, 0.717) is 28.0 Å². The van der Waals surface area contributed by atoms with Gasteiger partial charge >= 0.3 is 5.97 Å². The first-order valence-electron chi connectivity index (χ1n) is 6.34. The molecule has 5 heteroatoms. The Bertz CT molecular complexity index is 669. The highest BCUT2D eigenvalue weighted by molar-refractivity contribution is 6.42. The van der Waals surface area contributed by atoms with Gasteiger partial charge in [0.1, 0.15) is 12.4 Å². The number of hydrogen-bond donors (Lipinski definition) is 1. The number of aliphatic carboxylic acids is 1. The summed E-state index contributed by atoms with van der Waals surface area (Å²) in [5.41, 5.74) is 2.52. The molecule has 3 nitrogen and oxygen atoms in total. The van der Waals surface area contributed by atoms with E-state index in [2.05, 4.69) is 0 Å². The summed E-state index contributed by atoms with van der Waals surface area (Å²) in [4.78, 5) is 10.9. The van der Waals surface area contributed by atoms with Gasteiger partial charge in [-0.2, -0.15) is 0 Å². The van der Waals surface area contributed by atoms with Crippen molar-refractivity contribution in [3.63, 3.8) is 0 Å². The Balaban J connectivity index is 2.15. The molecule has 0 unspecified atom stereocenters. The van der Waals surface area contributed by atoms with Crippen molar-refractivity contribution in [2.45, 2.75) is 20.0 Å². The molecule has 1 N–H and O–H groups in total. The number of aryl methyl sites for hydroxylation is 1. The monoisotopic (exact) mass is 324 g/mol. The molecule has 0 atom stereocenters. The standard InChI is InChI=1S/C16H14Cl2O3/c1-10-2-5-15(12(6-10)8-16(19)20)21-9-11-3-4-13(17)14(18)7-11/h2-7H,8-9H2,1H3,(H,19,20). The van der Waals surface area contributed by atoms with E-state index in [1.165, 1.54) is 0 Å². The van der Waals surface area contributed by atoms with Crippen LogP contribution in [0.4, 0.5) is 0 Å². The lowest BCUT2D eigenvalue weighted by Gasteiger charge is -2.12. The van der Waals surface area contributed by atoms with E-state index in [1.54, 1.807) is 18.2 Å². The van der Waals surface area contributed by atoms with Crippen molar-refractivity contribution < 1.29 is 14.6 Å². The molecule has 110 valence electrons. The average Bonchev–Trinajstić information content (AvgIpc) is 2.41. The minimum Gasteiger partial charge on any atom is -0.489 e. The van der Waals surface area contributed by atoms with Crippen LogP contribution in [0.5, 0.6) is 5.75 Å². The summed E-state index contributed by atoms with van der Waals surface area (Å²) in [6.07, 6.45) is -0.0710. The molecule has 0 bridgehead atoms. The lowest BCUT2D eigenvalue weighted by atomic mass is 10.1. The van der Waals surface area contributed by atoms with Gasteiger partial charge in [0.2, 0.25) is 0 Å². The fourth-order valence-electron chi connectivity index (χ4n) is 1.94. The first-order chi connectivity index (χ1) is 9.95. The Hall–Kier alpha value is -1.71. The molecule has 21 heavy (non-hydrogen) atoms. The summed E-state index contributed by atoms with van der Waals surface area (Å²) < 4.78 is 5.71. The number of ether oxygens (including phenoxy) is 1. The molecule has 0 saturated carbocycles. The third-order valence-corrected chi connectivity index (χ3v) is 3.68. The predicted octanol–water partition coefficient (Wildman–Crippen LogP) is 4.51. The van der Waals surface area contributed by atoms with Crippen LogP contribution < -0.4 is 4.74 Å². The maximum atomic E-state index is 10.9. The molecule has 2 aromatic rings. The van der Waals surface area contributed by atoms with Crippen LogP contribution in [0.3, 0.4) is 0 Å². The van der Waals surface area contributed by atoms with Gasteiger partial charge in [-0.25, -0.2) is 0 Å². The summed E-state index contributed by atoms with van der Waals surface area (Å²) in [5.74, 6) is -0.325. The number of carboxylic acid groups (broad SMARTS) is 1. The minimum absolute atomic E-state index is 0.0710. The lowest BCUT2D eigenvalue weighted by Crippen LogP contribution is -2.04. The van der Waals surface area contributed by atoms with E-state index >= 15 is 0 Å². The molecule has 0 aromatic heterocycles. The Morgan fingerprint density at radius 1 is 1.14 bits per heavy atom. The van der Waals surface area contributed by atoms with E-state index in [0.717, 1.165) is 11.1 Å². The van der Waals surface area contributed by atoms with E-state index < -0.39 is 5.97 Å². The number of benzene rings is 2. The zero-order valence-corrected chi connectivity index (χ0v) is 12.9. The summed E-state index contributed by atoms with van der Waals surface area (Å²) in [6, 6.07) is 10.7. The van der Waals surface area contributed by atoms with Crippen molar-refractivity contribution >= 4 is 29.2 Å². The molecular formula is C16H14Cl2O3. The van der Waals surface area contributed by atoms with Gasteiger partial charge in [-0.1, -0.05) is 47.0 Å². The summed E-state index contributed by atoms with van der Waals surface area (Å²) in [7, 11) is 0. The number of carbonyl (C=O) groups is 1. The smallest absolute Gasteiger partial charge is 0.307 e. The van der Waals surface area contributed by atoms with E-state index in [9.17, 15) is 4.79 Å². The number of carboxylic acids is 1. The molecule has 0 fully saturated rings. The van der Waals surface area contributed by atoms with Crippen LogP contribution in [0.25, 0.3) is 0 Å². The molecule has 0 aliphatic heterocycles. The first kappa shape index (κ1) is 15.7. The highest BCUT2D eigenvalue weighted by atomic mass is 35.5. The van der Waals surface area contributed by atoms with Gasteiger partial charge in [0, 0.05) is 5.56 Å². The van der Waals surface area contributed by atoms with E-state index in [1.807, 2.05) is 25.1 Å². The number of halogens is 2. The number of hydrogen-bond acceptors (Lipinski definition) is 2. The average molecular weight is 325 g/mol. The van der Waals surface area contributed by atoms with Gasteiger partial charge in [-0.3, -0.25) is 4.79 Å². The molecule has 0 amide bonds. The quantitative estimate of drug-likeness (QED) is 0.880. The molecule has 0 aliphatic carbocycles. The lowest BCUT2D eigenvalue weighted by molar-refractivity contribution is -0.136. The van der Waals surface area contributed by atoms with Crippen molar-refractivity contribution in [2.75, 3.05) is 0 Å². The Morgan fingerprint density at radius 3 is 2.57 bits per heavy atom. The van der Waals surface area contributed by atoms with Gasteiger partial charge in [-0.05, 0) is 30.7 Å². The second kappa shape index (κ2) is 6.83. The van der Waals surface area contributed by atoms with Gasteiger partial charge in [-0.15, -0.1) is 0 Å². The molecule has 0 saturated heterocycles. The second-order valence-corrected chi connectivity index (χ2v) is 5.53. The Morgan fingerprint density at radius 2 is 1.90 bits per heavy atom. The number of rotatable bonds is 5. The zero-order chi connectivity index (χ0) is 15.4. The van der Waals surface area contributed by atoms with E-state index in [-0.39, 0.29) is 6.42 Å². The van der Waals surface area contributed by atoms with Crippen molar-refractivity contribution in [2.24, 2.45) is 0 Å². The largest absolute Gasteiger partial charge is 0.489 e. The van der Waals surface area contributed by atoms with Gasteiger partial charge in [0.25, 0.3) is 0 Å².